The van der Waals surface area contributed by atoms with E-state index in [0.29, 0.717) is 0 Å². The van der Waals surface area contributed by atoms with E-state index < -0.39 is 0 Å². The smallest absolute Gasteiger partial charge is 0.0636 e. The van der Waals surface area contributed by atoms with Gasteiger partial charge in [-0.05, 0) is 86.8 Å². The first-order valence-corrected chi connectivity index (χ1v) is 17.0. The zero-order valence-electron chi connectivity index (χ0n) is 26.7. The lowest BCUT2D eigenvalue weighted by molar-refractivity contribution is 0.607. The summed E-state index contributed by atoms with van der Waals surface area (Å²) in [7, 11) is 0. The maximum atomic E-state index is 5.27. The van der Waals surface area contributed by atoms with Gasteiger partial charge in [0.05, 0.1) is 22.8 Å². The minimum absolute atomic E-state index is 0.998. The van der Waals surface area contributed by atoms with Gasteiger partial charge in [0, 0.05) is 0 Å². The molecule has 2 rings (SSSR count). The predicted octanol–water partition coefficient (Wildman–Crippen LogP) is 12.7. The Kier molecular flexibility index (Phi) is 19.1. The summed E-state index contributed by atoms with van der Waals surface area (Å²) in [6.07, 6.45) is 25.0. The fourth-order valence-corrected chi connectivity index (χ4v) is 5.31. The van der Waals surface area contributed by atoms with Gasteiger partial charge in [-0.25, -0.2) is 0 Å². The summed E-state index contributed by atoms with van der Waals surface area (Å²) in [5, 5.41) is 0. The number of benzene rings is 2. The molecule has 0 radical (unpaired) electrons. The fourth-order valence-electron chi connectivity index (χ4n) is 5.31. The van der Waals surface area contributed by atoms with E-state index in [9.17, 15) is 0 Å². The summed E-state index contributed by atoms with van der Waals surface area (Å²) in [5.74, 6) is 0. The van der Waals surface area contributed by atoms with Gasteiger partial charge >= 0.3 is 0 Å². The lowest BCUT2D eigenvalue weighted by Gasteiger charge is -2.12. The number of aliphatic imine (C=N–C) groups is 2. The highest BCUT2D eigenvalue weighted by molar-refractivity contribution is 6.43. The fraction of sp³-hybridized carbons (Fsp3) is 0.632. The molecule has 0 unspecified atom stereocenters. The molecule has 2 aromatic carbocycles. The second kappa shape index (κ2) is 22.5. The number of hydrogen-bond acceptors (Lipinski definition) is 2. The monoisotopic (exact) mass is 544 g/mol. The predicted molar refractivity (Wildman–Crippen MR) is 180 cm³/mol. The second-order valence-electron chi connectivity index (χ2n) is 11.7. The van der Waals surface area contributed by atoms with Crippen molar-refractivity contribution in [1.29, 1.82) is 0 Å². The summed E-state index contributed by atoms with van der Waals surface area (Å²) in [6.45, 7) is 9.11. The van der Waals surface area contributed by atoms with E-state index in [4.69, 9.17) is 9.98 Å². The van der Waals surface area contributed by atoms with Crippen molar-refractivity contribution in [2.24, 2.45) is 9.98 Å². The molecule has 0 heterocycles. The normalized spacial score (nSPS) is 12.3. The van der Waals surface area contributed by atoms with E-state index in [-0.39, 0.29) is 0 Å². The van der Waals surface area contributed by atoms with Crippen LogP contribution < -0.4 is 0 Å². The van der Waals surface area contributed by atoms with Crippen LogP contribution in [0.25, 0.3) is 0 Å². The lowest BCUT2D eigenvalue weighted by atomic mass is 10.0. The van der Waals surface area contributed by atoms with E-state index in [1.54, 1.807) is 0 Å². The number of unbranched alkanes of at least 4 members (excludes halogenated alkanes) is 12. The first-order chi connectivity index (χ1) is 19.7. The number of aryl methyl sites for hydroxylation is 2. The van der Waals surface area contributed by atoms with Gasteiger partial charge < -0.3 is 0 Å². The molecule has 0 fully saturated rings. The molecule has 0 aromatic heterocycles. The van der Waals surface area contributed by atoms with Crippen molar-refractivity contribution in [2.45, 2.75) is 156 Å². The van der Waals surface area contributed by atoms with Crippen LogP contribution in [0.5, 0.6) is 0 Å². The largest absolute Gasteiger partial charge is 0.252 e. The second-order valence-corrected chi connectivity index (χ2v) is 11.7. The Morgan fingerprint density at radius 2 is 0.825 bits per heavy atom. The van der Waals surface area contributed by atoms with Gasteiger partial charge in [-0.3, -0.25) is 9.98 Å². The van der Waals surface area contributed by atoms with Crippen LogP contribution in [0.4, 0.5) is 11.4 Å². The molecule has 0 N–H and O–H groups in total. The standard InChI is InChI=1S/C38H60N2/c1-5-9-13-15-17-19-23-33-25-21-27-35(31-33)39-37(29-11-7-3)38(30-12-8-4)40-36-28-22-26-34(32-36)24-20-18-16-14-10-6-2/h21-22,25-28,31-32H,5-20,23-24,29-30H2,1-4H3. The molecular weight excluding hydrogens is 484 g/mol. The Labute approximate surface area is 248 Å². The third-order valence-corrected chi connectivity index (χ3v) is 7.85. The molecule has 40 heavy (non-hydrogen) atoms. The number of hydrogen-bond donors (Lipinski definition) is 0. The van der Waals surface area contributed by atoms with E-state index in [2.05, 4.69) is 76.2 Å². The van der Waals surface area contributed by atoms with Gasteiger partial charge in [0.25, 0.3) is 0 Å². The van der Waals surface area contributed by atoms with Crippen molar-refractivity contribution in [3.63, 3.8) is 0 Å². The van der Waals surface area contributed by atoms with E-state index >= 15 is 0 Å². The third-order valence-electron chi connectivity index (χ3n) is 7.85. The van der Waals surface area contributed by atoms with Crippen molar-refractivity contribution in [3.8, 4) is 0 Å². The molecule has 0 saturated carbocycles. The van der Waals surface area contributed by atoms with E-state index in [0.717, 1.165) is 49.9 Å². The van der Waals surface area contributed by atoms with Crippen molar-refractivity contribution < 1.29 is 0 Å². The molecule has 0 aliphatic carbocycles. The molecular formula is C38H60N2. The van der Waals surface area contributed by atoms with Crippen molar-refractivity contribution in [2.75, 3.05) is 0 Å². The zero-order chi connectivity index (χ0) is 28.7. The SMILES string of the molecule is CCCCCCCCc1cccc(N=C(CCCC)C(CCCC)=Nc2cccc(CCCCCCCC)c2)c1. The van der Waals surface area contributed by atoms with Crippen molar-refractivity contribution in [1.82, 2.24) is 0 Å². The van der Waals surface area contributed by atoms with Crippen LogP contribution >= 0.6 is 0 Å². The van der Waals surface area contributed by atoms with E-state index in [1.807, 2.05) is 0 Å². The summed E-state index contributed by atoms with van der Waals surface area (Å²) in [5.41, 5.74) is 7.40. The van der Waals surface area contributed by atoms with Crippen LogP contribution in [-0.4, -0.2) is 11.4 Å². The molecule has 2 aromatic rings. The Hall–Kier alpha value is -2.22. The Bertz CT molecular complexity index is 891. The molecule has 0 aliphatic heterocycles. The van der Waals surface area contributed by atoms with Crippen LogP contribution in [0.15, 0.2) is 58.5 Å². The average Bonchev–Trinajstić information content (AvgIpc) is 2.97. The van der Waals surface area contributed by atoms with Crippen LogP contribution in [0.2, 0.25) is 0 Å². The molecule has 0 spiro atoms. The highest BCUT2D eigenvalue weighted by atomic mass is 14.8. The Morgan fingerprint density at radius 1 is 0.450 bits per heavy atom. The molecule has 0 amide bonds. The summed E-state index contributed by atoms with van der Waals surface area (Å²) >= 11 is 0. The maximum absolute atomic E-state index is 5.27. The van der Waals surface area contributed by atoms with Gasteiger partial charge in [-0.15, -0.1) is 0 Å². The van der Waals surface area contributed by atoms with Gasteiger partial charge in [-0.2, -0.15) is 0 Å². The lowest BCUT2D eigenvalue weighted by Crippen LogP contribution is -2.14. The zero-order valence-corrected chi connectivity index (χ0v) is 26.7. The topological polar surface area (TPSA) is 24.7 Å². The first kappa shape index (κ1) is 34.0. The molecule has 0 aliphatic rings. The Morgan fingerprint density at radius 3 is 1.23 bits per heavy atom. The average molecular weight is 545 g/mol. The molecule has 0 atom stereocenters. The van der Waals surface area contributed by atoms with Gasteiger partial charge in [0.2, 0.25) is 0 Å². The number of rotatable bonds is 23. The number of nitrogens with zero attached hydrogens (tertiary/aromatic N) is 2. The molecule has 2 heteroatoms. The van der Waals surface area contributed by atoms with Gasteiger partial charge in [0.1, 0.15) is 0 Å². The van der Waals surface area contributed by atoms with Crippen molar-refractivity contribution in [3.05, 3.63) is 59.7 Å². The maximum Gasteiger partial charge on any atom is 0.0636 e. The van der Waals surface area contributed by atoms with E-state index in [1.165, 1.54) is 112 Å². The molecule has 222 valence electrons. The summed E-state index contributed by atoms with van der Waals surface area (Å²) < 4.78 is 0. The highest BCUT2D eigenvalue weighted by Gasteiger charge is 2.11. The minimum atomic E-state index is 0.998. The highest BCUT2D eigenvalue weighted by Crippen LogP contribution is 2.22. The van der Waals surface area contributed by atoms with Crippen LogP contribution in [0, 0.1) is 0 Å². The first-order valence-electron chi connectivity index (χ1n) is 17.0. The quantitative estimate of drug-likeness (QED) is 0.0981. The molecule has 0 bridgehead atoms. The summed E-state index contributed by atoms with van der Waals surface area (Å²) in [4.78, 5) is 10.5. The summed E-state index contributed by atoms with van der Waals surface area (Å²) in [6, 6.07) is 17.9. The van der Waals surface area contributed by atoms with Crippen molar-refractivity contribution >= 4 is 22.8 Å². The van der Waals surface area contributed by atoms with Crippen LogP contribution in [0.1, 0.15) is 154 Å². The van der Waals surface area contributed by atoms with Gasteiger partial charge in [-0.1, -0.05) is 129 Å². The van der Waals surface area contributed by atoms with Crippen LogP contribution in [-0.2, 0) is 12.8 Å². The minimum Gasteiger partial charge on any atom is -0.252 e. The molecule has 0 saturated heterocycles. The Balaban J connectivity index is 2.18. The van der Waals surface area contributed by atoms with Gasteiger partial charge in [0.15, 0.2) is 0 Å². The molecule has 2 nitrogen and oxygen atoms in total. The van der Waals surface area contributed by atoms with Crippen LogP contribution in [0.3, 0.4) is 0 Å². The third kappa shape index (κ3) is 15.0.